The molecular formula is C24H22N2S. The van der Waals surface area contributed by atoms with Crippen molar-refractivity contribution in [2.24, 2.45) is 0 Å². The van der Waals surface area contributed by atoms with Gasteiger partial charge in [0.1, 0.15) is 0 Å². The summed E-state index contributed by atoms with van der Waals surface area (Å²) < 4.78 is 0. The van der Waals surface area contributed by atoms with Crippen LogP contribution in [0.25, 0.3) is 16.5 Å². The van der Waals surface area contributed by atoms with Crippen molar-refractivity contribution in [2.75, 3.05) is 11.6 Å². The molecule has 0 amide bonds. The van der Waals surface area contributed by atoms with Crippen molar-refractivity contribution >= 4 is 33.9 Å². The Morgan fingerprint density at radius 2 is 1.74 bits per heavy atom. The van der Waals surface area contributed by atoms with Crippen LogP contribution in [-0.4, -0.2) is 11.2 Å². The van der Waals surface area contributed by atoms with E-state index in [9.17, 15) is 0 Å². The highest BCUT2D eigenvalue weighted by Crippen LogP contribution is 2.36. The summed E-state index contributed by atoms with van der Waals surface area (Å²) in [7, 11) is 0. The molecule has 0 fully saturated rings. The van der Waals surface area contributed by atoms with Crippen LogP contribution in [0, 0.1) is 0 Å². The number of hydrogen-bond donors (Lipinski definition) is 2. The quantitative estimate of drug-likeness (QED) is 0.367. The molecule has 1 atom stereocenters. The van der Waals surface area contributed by atoms with Gasteiger partial charge in [-0.25, -0.2) is 0 Å². The summed E-state index contributed by atoms with van der Waals surface area (Å²) >= 11 is 1.75. The van der Waals surface area contributed by atoms with Gasteiger partial charge in [0, 0.05) is 33.2 Å². The number of para-hydroxylation sites is 1. The van der Waals surface area contributed by atoms with E-state index in [1.54, 1.807) is 11.8 Å². The number of aromatic amines is 1. The second-order valence-electron chi connectivity index (χ2n) is 6.49. The largest absolute Gasteiger partial charge is 0.374 e. The zero-order valence-electron chi connectivity index (χ0n) is 15.3. The molecule has 0 aliphatic rings. The zero-order valence-corrected chi connectivity index (χ0v) is 16.1. The van der Waals surface area contributed by atoms with Gasteiger partial charge in [-0.1, -0.05) is 61.2 Å². The smallest absolute Gasteiger partial charge is 0.0768 e. The van der Waals surface area contributed by atoms with Crippen LogP contribution in [0.1, 0.15) is 17.2 Å². The van der Waals surface area contributed by atoms with Gasteiger partial charge in [0.05, 0.1) is 6.04 Å². The summed E-state index contributed by atoms with van der Waals surface area (Å²) in [6.07, 6.45) is 4.15. The third-order valence-corrected chi connectivity index (χ3v) is 5.52. The average Bonchev–Trinajstić information content (AvgIpc) is 3.16. The summed E-state index contributed by atoms with van der Waals surface area (Å²) in [5.41, 5.74) is 5.62. The highest BCUT2D eigenvalue weighted by molar-refractivity contribution is 7.98. The number of rotatable bonds is 6. The Morgan fingerprint density at radius 3 is 2.56 bits per heavy atom. The van der Waals surface area contributed by atoms with E-state index in [-0.39, 0.29) is 6.04 Å². The summed E-state index contributed by atoms with van der Waals surface area (Å²) in [5, 5.41) is 4.89. The molecule has 0 spiro atoms. The maximum Gasteiger partial charge on any atom is 0.0768 e. The SMILES string of the molecule is C=C(c1c[nH]c2ccccc12)C(Nc1cccc(SC)c1)c1ccccc1. The zero-order chi connectivity index (χ0) is 18.6. The van der Waals surface area contributed by atoms with E-state index in [4.69, 9.17) is 0 Å². The summed E-state index contributed by atoms with van der Waals surface area (Å²) in [5.74, 6) is 0. The van der Waals surface area contributed by atoms with E-state index < -0.39 is 0 Å². The average molecular weight is 371 g/mol. The highest BCUT2D eigenvalue weighted by atomic mass is 32.2. The molecule has 0 aliphatic carbocycles. The first-order chi connectivity index (χ1) is 13.3. The predicted octanol–water partition coefficient (Wildman–Crippen LogP) is 6.76. The maximum absolute atomic E-state index is 4.48. The van der Waals surface area contributed by atoms with Crippen LogP contribution in [0.3, 0.4) is 0 Å². The summed E-state index contributed by atoms with van der Waals surface area (Å²) in [6.45, 7) is 4.48. The van der Waals surface area contributed by atoms with Crippen molar-refractivity contribution in [2.45, 2.75) is 10.9 Å². The van der Waals surface area contributed by atoms with Gasteiger partial charge in [-0.3, -0.25) is 0 Å². The Bertz CT molecular complexity index is 1070. The van der Waals surface area contributed by atoms with Crippen LogP contribution in [0.5, 0.6) is 0 Å². The first-order valence-electron chi connectivity index (χ1n) is 8.97. The minimum Gasteiger partial charge on any atom is -0.374 e. The number of H-pyrrole nitrogens is 1. The third kappa shape index (κ3) is 3.64. The van der Waals surface area contributed by atoms with Crippen LogP contribution in [0.4, 0.5) is 5.69 Å². The molecule has 0 saturated carbocycles. The number of aromatic nitrogens is 1. The first-order valence-corrected chi connectivity index (χ1v) is 10.2. The third-order valence-electron chi connectivity index (χ3n) is 4.80. The van der Waals surface area contributed by atoms with Crippen LogP contribution in [0.15, 0.2) is 96.5 Å². The van der Waals surface area contributed by atoms with Crippen molar-refractivity contribution in [3.05, 3.63) is 103 Å². The van der Waals surface area contributed by atoms with Crippen molar-refractivity contribution in [3.8, 4) is 0 Å². The van der Waals surface area contributed by atoms with Crippen molar-refractivity contribution in [3.63, 3.8) is 0 Å². The molecule has 1 heterocycles. The number of fused-ring (bicyclic) bond motifs is 1. The van der Waals surface area contributed by atoms with E-state index in [1.807, 2.05) is 12.1 Å². The van der Waals surface area contributed by atoms with Crippen LogP contribution in [0.2, 0.25) is 0 Å². The Balaban J connectivity index is 1.74. The molecule has 3 heteroatoms. The van der Waals surface area contributed by atoms with Gasteiger partial charge < -0.3 is 10.3 Å². The molecule has 2 N–H and O–H groups in total. The predicted molar refractivity (Wildman–Crippen MR) is 118 cm³/mol. The number of anilines is 1. The molecule has 0 aliphatic heterocycles. The van der Waals surface area contributed by atoms with Crippen molar-refractivity contribution < 1.29 is 0 Å². The minimum atomic E-state index is -0.0116. The minimum absolute atomic E-state index is 0.0116. The number of benzene rings is 3. The molecule has 3 aromatic carbocycles. The molecule has 4 aromatic rings. The maximum atomic E-state index is 4.48. The Labute approximate surface area is 164 Å². The fourth-order valence-electron chi connectivity index (χ4n) is 3.39. The van der Waals surface area contributed by atoms with Crippen molar-refractivity contribution in [1.82, 2.24) is 4.98 Å². The molecule has 4 rings (SSSR count). The molecule has 27 heavy (non-hydrogen) atoms. The van der Waals surface area contributed by atoms with Gasteiger partial charge in [0.15, 0.2) is 0 Å². The molecule has 1 unspecified atom stereocenters. The topological polar surface area (TPSA) is 27.8 Å². The first kappa shape index (κ1) is 17.5. The highest BCUT2D eigenvalue weighted by Gasteiger charge is 2.19. The molecule has 0 saturated heterocycles. The normalized spacial score (nSPS) is 12.0. The van der Waals surface area contributed by atoms with Crippen LogP contribution in [-0.2, 0) is 0 Å². The van der Waals surface area contributed by atoms with Gasteiger partial charge in [0.25, 0.3) is 0 Å². The van der Waals surface area contributed by atoms with Gasteiger partial charge in [0.2, 0.25) is 0 Å². The van der Waals surface area contributed by atoms with Gasteiger partial charge in [-0.05, 0) is 41.7 Å². The number of hydrogen-bond acceptors (Lipinski definition) is 2. The lowest BCUT2D eigenvalue weighted by Crippen LogP contribution is -2.12. The fourth-order valence-corrected chi connectivity index (χ4v) is 3.85. The van der Waals surface area contributed by atoms with E-state index in [1.165, 1.54) is 15.8 Å². The Morgan fingerprint density at radius 1 is 0.963 bits per heavy atom. The molecule has 134 valence electrons. The molecular weight excluding hydrogens is 348 g/mol. The fraction of sp³-hybridized carbons (Fsp3) is 0.0833. The van der Waals surface area contributed by atoms with Crippen molar-refractivity contribution in [1.29, 1.82) is 0 Å². The van der Waals surface area contributed by atoms with Crippen LogP contribution < -0.4 is 5.32 Å². The lowest BCUT2D eigenvalue weighted by Gasteiger charge is -2.23. The Kier molecular flexibility index (Phi) is 5.03. The monoisotopic (exact) mass is 370 g/mol. The number of nitrogens with one attached hydrogen (secondary N) is 2. The van der Waals surface area contributed by atoms with Gasteiger partial charge >= 0.3 is 0 Å². The second-order valence-corrected chi connectivity index (χ2v) is 7.37. The van der Waals surface area contributed by atoms with E-state index in [2.05, 4.69) is 96.1 Å². The van der Waals surface area contributed by atoms with Gasteiger partial charge in [-0.15, -0.1) is 11.8 Å². The molecule has 0 bridgehead atoms. The van der Waals surface area contributed by atoms with Gasteiger partial charge in [-0.2, -0.15) is 0 Å². The second kappa shape index (κ2) is 7.77. The lowest BCUT2D eigenvalue weighted by molar-refractivity contribution is 1.01. The standard InChI is InChI=1S/C24H22N2S/c1-17(22-16-25-23-14-7-6-13-21(22)23)24(18-9-4-3-5-10-18)26-19-11-8-12-20(15-19)27-2/h3-16,24-26H,1H2,2H3. The summed E-state index contributed by atoms with van der Waals surface area (Å²) in [6, 6.07) is 27.3. The molecule has 2 nitrogen and oxygen atoms in total. The number of thioether (sulfide) groups is 1. The van der Waals surface area contributed by atoms with E-state index in [0.717, 1.165) is 22.3 Å². The van der Waals surface area contributed by atoms with E-state index >= 15 is 0 Å². The molecule has 0 radical (unpaired) electrons. The van der Waals surface area contributed by atoms with E-state index in [0.29, 0.717) is 0 Å². The molecule has 1 aromatic heterocycles. The lowest BCUT2D eigenvalue weighted by atomic mass is 9.93. The van der Waals surface area contributed by atoms with Crippen LogP contribution >= 0.6 is 11.8 Å². The summed E-state index contributed by atoms with van der Waals surface area (Å²) in [4.78, 5) is 4.61. The Hall–Kier alpha value is -2.91.